The van der Waals surface area contributed by atoms with Crippen molar-refractivity contribution >= 4 is 28.5 Å². The summed E-state index contributed by atoms with van der Waals surface area (Å²) in [6.45, 7) is 0. The number of carbonyl (C=O) groups excluding carboxylic acids is 1. The molecule has 0 aliphatic carbocycles. The molecule has 7 nitrogen and oxygen atoms in total. The van der Waals surface area contributed by atoms with Gasteiger partial charge >= 0.3 is 5.97 Å². The molecule has 19 heavy (non-hydrogen) atoms. The molecule has 3 rings (SSSR count). The Hall–Kier alpha value is -2.83. The van der Waals surface area contributed by atoms with Gasteiger partial charge in [-0.25, -0.2) is 9.78 Å². The number of amides is 1. The number of ether oxygens (including phenoxy) is 1. The molecule has 0 saturated heterocycles. The van der Waals surface area contributed by atoms with Crippen LogP contribution in [0.5, 0.6) is 5.75 Å². The average molecular weight is 259 g/mol. The van der Waals surface area contributed by atoms with Crippen molar-refractivity contribution in [2.45, 2.75) is 0 Å². The van der Waals surface area contributed by atoms with Gasteiger partial charge in [-0.1, -0.05) is 0 Å². The van der Waals surface area contributed by atoms with Crippen molar-refractivity contribution in [1.29, 1.82) is 0 Å². The van der Waals surface area contributed by atoms with Gasteiger partial charge in [0.1, 0.15) is 11.3 Å². The first-order chi connectivity index (χ1) is 9.11. The second-order valence-electron chi connectivity index (χ2n) is 3.98. The molecule has 1 aliphatic rings. The van der Waals surface area contributed by atoms with Crippen molar-refractivity contribution in [3.05, 3.63) is 29.5 Å². The molecule has 3 N–H and O–H groups in total. The predicted octanol–water partition coefficient (Wildman–Crippen LogP) is 1.01. The number of carboxylic acids is 1. The van der Waals surface area contributed by atoms with Crippen molar-refractivity contribution in [3.63, 3.8) is 0 Å². The average Bonchev–Trinajstić information content (AvgIpc) is 2.42. The minimum absolute atomic E-state index is 0.124. The first kappa shape index (κ1) is 11.3. The Morgan fingerprint density at radius 1 is 1.37 bits per heavy atom. The van der Waals surface area contributed by atoms with Gasteiger partial charge in [0.2, 0.25) is 0 Å². The smallest absolute Gasteiger partial charge is 0.354 e. The molecule has 7 heteroatoms. The molecular weight excluding hydrogens is 250 g/mol. The Morgan fingerprint density at radius 2 is 2.16 bits per heavy atom. The summed E-state index contributed by atoms with van der Waals surface area (Å²) in [5.41, 5.74) is 6.24. The number of hydrogen-bond donors (Lipinski definition) is 3. The molecule has 0 atom stereocenters. The number of pyridine rings is 1. The van der Waals surface area contributed by atoms with Gasteiger partial charge in [0.15, 0.2) is 5.69 Å². The van der Waals surface area contributed by atoms with Gasteiger partial charge in [-0.15, -0.1) is 0 Å². The highest BCUT2D eigenvalue weighted by molar-refractivity contribution is 6.15. The SMILES string of the molecule is COc1ccc2c3c(cc(C(=O)O)nc13)NNC2=O. The number of hydrogen-bond acceptors (Lipinski definition) is 5. The molecule has 0 saturated carbocycles. The highest BCUT2D eigenvalue weighted by atomic mass is 16.5. The Morgan fingerprint density at radius 3 is 2.84 bits per heavy atom. The van der Waals surface area contributed by atoms with Gasteiger partial charge in [0, 0.05) is 5.39 Å². The third-order valence-electron chi connectivity index (χ3n) is 2.92. The maximum Gasteiger partial charge on any atom is 0.354 e. The minimum atomic E-state index is -1.15. The molecule has 0 unspecified atom stereocenters. The van der Waals surface area contributed by atoms with E-state index in [1.165, 1.54) is 13.2 Å². The molecule has 0 fully saturated rings. The largest absolute Gasteiger partial charge is 0.494 e. The predicted molar refractivity (Wildman–Crippen MR) is 66.3 cm³/mol. The van der Waals surface area contributed by atoms with E-state index < -0.39 is 5.97 Å². The number of rotatable bonds is 2. The number of methoxy groups -OCH3 is 1. The lowest BCUT2D eigenvalue weighted by Crippen LogP contribution is -2.33. The number of nitrogens with zero attached hydrogens (tertiary/aromatic N) is 1. The van der Waals surface area contributed by atoms with E-state index in [1.54, 1.807) is 12.1 Å². The van der Waals surface area contributed by atoms with Crippen molar-refractivity contribution in [2.75, 3.05) is 12.5 Å². The molecule has 0 radical (unpaired) electrons. The van der Waals surface area contributed by atoms with Crippen LogP contribution in [0.4, 0.5) is 5.69 Å². The number of carbonyl (C=O) groups is 2. The second kappa shape index (κ2) is 3.84. The van der Waals surface area contributed by atoms with E-state index in [0.29, 0.717) is 27.9 Å². The highest BCUT2D eigenvalue weighted by Crippen LogP contribution is 2.34. The van der Waals surface area contributed by atoms with Crippen molar-refractivity contribution in [2.24, 2.45) is 0 Å². The summed E-state index contributed by atoms with van der Waals surface area (Å²) >= 11 is 0. The maximum atomic E-state index is 11.7. The van der Waals surface area contributed by atoms with E-state index in [1.807, 2.05) is 0 Å². The molecule has 0 bridgehead atoms. The van der Waals surface area contributed by atoms with E-state index in [2.05, 4.69) is 15.8 Å². The fourth-order valence-corrected chi connectivity index (χ4v) is 2.07. The van der Waals surface area contributed by atoms with E-state index in [9.17, 15) is 9.59 Å². The lowest BCUT2D eigenvalue weighted by molar-refractivity contribution is 0.0691. The van der Waals surface area contributed by atoms with Crippen LogP contribution >= 0.6 is 0 Å². The van der Waals surface area contributed by atoms with E-state index in [0.717, 1.165) is 0 Å². The lowest BCUT2D eigenvalue weighted by Gasteiger charge is -2.20. The van der Waals surface area contributed by atoms with Gasteiger partial charge in [0.25, 0.3) is 5.91 Å². The Balaban J connectivity index is 2.45. The fourth-order valence-electron chi connectivity index (χ4n) is 2.07. The van der Waals surface area contributed by atoms with Crippen LogP contribution in [-0.4, -0.2) is 29.1 Å². The van der Waals surface area contributed by atoms with Crippen LogP contribution < -0.4 is 15.6 Å². The van der Waals surface area contributed by atoms with Gasteiger partial charge in [0.05, 0.1) is 18.4 Å². The number of aromatic carboxylic acids is 1. The number of benzene rings is 1. The number of nitrogens with one attached hydrogen (secondary N) is 2. The normalized spacial score (nSPS) is 12.8. The summed E-state index contributed by atoms with van der Waals surface area (Å²) in [5.74, 6) is -1.03. The zero-order valence-electron chi connectivity index (χ0n) is 9.85. The fraction of sp³-hybridized carbons (Fsp3) is 0.0833. The van der Waals surface area contributed by atoms with Gasteiger partial charge in [-0.2, -0.15) is 0 Å². The summed E-state index contributed by atoms with van der Waals surface area (Å²) in [6, 6.07) is 4.57. The van der Waals surface area contributed by atoms with Crippen LogP contribution in [-0.2, 0) is 0 Å². The van der Waals surface area contributed by atoms with E-state index >= 15 is 0 Å². The van der Waals surface area contributed by atoms with Crippen LogP contribution in [0.25, 0.3) is 10.9 Å². The minimum Gasteiger partial charge on any atom is -0.494 e. The molecule has 0 spiro atoms. The Labute approximate surface area is 107 Å². The highest BCUT2D eigenvalue weighted by Gasteiger charge is 2.23. The molecule has 1 amide bonds. The summed E-state index contributed by atoms with van der Waals surface area (Å²) < 4.78 is 5.16. The Bertz CT molecular complexity index is 726. The number of aromatic nitrogens is 1. The van der Waals surface area contributed by atoms with Crippen LogP contribution in [0, 0.1) is 0 Å². The Kier molecular flexibility index (Phi) is 2.28. The van der Waals surface area contributed by atoms with Crippen LogP contribution in [0.2, 0.25) is 0 Å². The van der Waals surface area contributed by atoms with Gasteiger partial charge < -0.3 is 9.84 Å². The van der Waals surface area contributed by atoms with Crippen LogP contribution in [0.15, 0.2) is 18.2 Å². The van der Waals surface area contributed by atoms with Gasteiger partial charge in [-0.05, 0) is 18.2 Å². The third kappa shape index (κ3) is 1.55. The van der Waals surface area contributed by atoms with Crippen molar-refractivity contribution in [3.8, 4) is 5.75 Å². The molecule has 1 aromatic carbocycles. The molecule has 1 aliphatic heterocycles. The summed E-state index contributed by atoms with van der Waals surface area (Å²) in [5, 5.41) is 9.60. The second-order valence-corrected chi connectivity index (χ2v) is 3.98. The number of hydrazine groups is 1. The van der Waals surface area contributed by atoms with Crippen LogP contribution in [0.1, 0.15) is 20.8 Å². The monoisotopic (exact) mass is 259 g/mol. The first-order valence-corrected chi connectivity index (χ1v) is 5.43. The standard InChI is InChI=1S/C12H9N3O4/c1-19-8-3-2-5-9-6(14-15-11(5)16)4-7(12(17)18)13-10(8)9/h2-4,14H,1H3,(H,15,16)(H,17,18). The summed E-state index contributed by atoms with van der Waals surface area (Å²) in [6.07, 6.45) is 0. The molecule has 1 aromatic heterocycles. The zero-order chi connectivity index (χ0) is 13.6. The zero-order valence-corrected chi connectivity index (χ0v) is 9.85. The van der Waals surface area contributed by atoms with Gasteiger partial charge in [-0.3, -0.25) is 15.6 Å². The van der Waals surface area contributed by atoms with E-state index in [-0.39, 0.29) is 11.6 Å². The third-order valence-corrected chi connectivity index (χ3v) is 2.92. The topological polar surface area (TPSA) is 101 Å². The summed E-state index contributed by atoms with van der Waals surface area (Å²) in [4.78, 5) is 26.8. The maximum absolute atomic E-state index is 11.7. The molecule has 2 heterocycles. The number of carboxylic acid groups (broad SMARTS) is 1. The quantitative estimate of drug-likeness (QED) is 0.744. The lowest BCUT2D eigenvalue weighted by atomic mass is 10.0. The van der Waals surface area contributed by atoms with Crippen molar-refractivity contribution in [1.82, 2.24) is 10.4 Å². The van der Waals surface area contributed by atoms with Crippen LogP contribution in [0.3, 0.4) is 0 Å². The summed E-state index contributed by atoms with van der Waals surface area (Å²) in [7, 11) is 1.46. The number of anilines is 1. The van der Waals surface area contributed by atoms with E-state index in [4.69, 9.17) is 9.84 Å². The van der Waals surface area contributed by atoms with Crippen molar-refractivity contribution < 1.29 is 19.4 Å². The molecular formula is C12H9N3O4. The molecule has 2 aromatic rings. The molecule has 96 valence electrons. The first-order valence-electron chi connectivity index (χ1n) is 5.43.